The van der Waals surface area contributed by atoms with Crippen LogP contribution in [0, 0.1) is 5.82 Å². The van der Waals surface area contributed by atoms with E-state index in [1.165, 1.54) is 17.0 Å². The second kappa shape index (κ2) is 10.8. The molecular formula is C27H29FN2O5. The predicted octanol–water partition coefficient (Wildman–Crippen LogP) is 2.44. The minimum atomic E-state index is -1.17. The van der Waals surface area contributed by atoms with Crippen molar-refractivity contribution in [3.8, 4) is 5.75 Å². The number of hydrogen-bond donors (Lipinski definition) is 3. The monoisotopic (exact) mass is 480 g/mol. The van der Waals surface area contributed by atoms with E-state index in [9.17, 15) is 24.2 Å². The summed E-state index contributed by atoms with van der Waals surface area (Å²) in [5.74, 6) is -1.30. The molecule has 0 fully saturated rings. The molecule has 0 spiro atoms. The Morgan fingerprint density at radius 2 is 1.91 bits per heavy atom. The first kappa shape index (κ1) is 24.6. The van der Waals surface area contributed by atoms with Crippen LogP contribution in [0.4, 0.5) is 4.39 Å². The molecule has 0 saturated heterocycles. The molecule has 4 atom stereocenters. The second-order valence-corrected chi connectivity index (χ2v) is 8.55. The standard InChI is InChI=1S/C27H29FN2O5/c1-2-3-12-23(32)30(16-17-8-4-6-10-20(17)28)21-15-19(27(34)29-13-14-31)24-18-9-5-7-11-22(18)35-26(24)25(21)33/h3-12,15,21,24-26,31,33H,2,13-14,16H2,1H3,(H,29,34). The molecule has 184 valence electrons. The predicted molar refractivity (Wildman–Crippen MR) is 128 cm³/mol. The topological polar surface area (TPSA) is 99.1 Å². The first-order valence-electron chi connectivity index (χ1n) is 11.7. The SMILES string of the molecule is CCC=CC(=O)N(Cc1ccccc1F)C1C=C(C(=O)NCCO)C2c3ccccc3OC2C1O. The number of carbonyl (C=O) groups is 2. The molecule has 0 bridgehead atoms. The zero-order chi connectivity index (χ0) is 24.9. The molecule has 2 aromatic rings. The van der Waals surface area contributed by atoms with Crippen molar-refractivity contribution in [1.29, 1.82) is 0 Å². The molecule has 0 radical (unpaired) electrons. The van der Waals surface area contributed by atoms with Crippen molar-refractivity contribution < 1.29 is 28.9 Å². The number of aliphatic hydroxyl groups excluding tert-OH is 2. The number of allylic oxidation sites excluding steroid dienone is 1. The van der Waals surface area contributed by atoms with Gasteiger partial charge in [-0.25, -0.2) is 4.39 Å². The highest BCUT2D eigenvalue weighted by atomic mass is 19.1. The largest absolute Gasteiger partial charge is 0.486 e. The maximum atomic E-state index is 14.5. The summed E-state index contributed by atoms with van der Waals surface area (Å²) in [5, 5.41) is 23.3. The number of fused-ring (bicyclic) bond motifs is 3. The maximum absolute atomic E-state index is 14.5. The Balaban J connectivity index is 1.78. The first-order chi connectivity index (χ1) is 17.0. The van der Waals surface area contributed by atoms with Gasteiger partial charge in [-0.1, -0.05) is 49.4 Å². The number of halogens is 1. The summed E-state index contributed by atoms with van der Waals surface area (Å²) in [5.41, 5.74) is 1.38. The number of rotatable bonds is 8. The lowest BCUT2D eigenvalue weighted by Crippen LogP contribution is -2.55. The van der Waals surface area contributed by atoms with Crippen LogP contribution in [-0.4, -0.2) is 58.3 Å². The number of ether oxygens (including phenoxy) is 1. The van der Waals surface area contributed by atoms with Gasteiger partial charge in [0, 0.05) is 29.8 Å². The lowest BCUT2D eigenvalue weighted by Gasteiger charge is -2.40. The van der Waals surface area contributed by atoms with Crippen LogP contribution in [0.1, 0.15) is 30.4 Å². The molecular weight excluding hydrogens is 451 g/mol. The van der Waals surface area contributed by atoms with Crippen LogP contribution < -0.4 is 10.1 Å². The molecule has 35 heavy (non-hydrogen) atoms. The molecule has 2 aliphatic rings. The molecule has 2 aromatic carbocycles. The molecule has 0 aromatic heterocycles. The van der Waals surface area contributed by atoms with Crippen LogP contribution in [0.15, 0.2) is 72.3 Å². The Hall–Kier alpha value is -3.49. The fourth-order valence-corrected chi connectivity index (χ4v) is 4.65. The maximum Gasteiger partial charge on any atom is 0.247 e. The quantitative estimate of drug-likeness (QED) is 0.504. The molecule has 7 nitrogen and oxygen atoms in total. The minimum absolute atomic E-state index is 0.0559. The second-order valence-electron chi connectivity index (χ2n) is 8.55. The molecule has 1 aliphatic heterocycles. The third kappa shape index (κ3) is 4.99. The molecule has 4 unspecified atom stereocenters. The summed E-state index contributed by atoms with van der Waals surface area (Å²) >= 11 is 0. The van der Waals surface area contributed by atoms with E-state index in [1.54, 1.807) is 42.5 Å². The summed E-state index contributed by atoms with van der Waals surface area (Å²) in [4.78, 5) is 27.7. The minimum Gasteiger partial charge on any atom is -0.486 e. The number of amides is 2. The summed E-state index contributed by atoms with van der Waals surface area (Å²) in [6.45, 7) is 1.61. The summed E-state index contributed by atoms with van der Waals surface area (Å²) in [7, 11) is 0. The molecule has 4 rings (SSSR count). The Morgan fingerprint density at radius 3 is 2.66 bits per heavy atom. The van der Waals surface area contributed by atoms with E-state index >= 15 is 0 Å². The van der Waals surface area contributed by atoms with Gasteiger partial charge < -0.3 is 25.2 Å². The number of hydrogen-bond acceptors (Lipinski definition) is 5. The van der Waals surface area contributed by atoms with Gasteiger partial charge in [0.1, 0.15) is 23.8 Å². The van der Waals surface area contributed by atoms with Crippen LogP contribution in [0.3, 0.4) is 0 Å². The van der Waals surface area contributed by atoms with Crippen LogP contribution in [0.2, 0.25) is 0 Å². The fraction of sp³-hybridized carbons (Fsp3) is 0.333. The van der Waals surface area contributed by atoms with Crippen molar-refractivity contribution >= 4 is 11.8 Å². The third-order valence-electron chi connectivity index (χ3n) is 6.31. The zero-order valence-corrected chi connectivity index (χ0v) is 19.4. The number of nitrogens with one attached hydrogen (secondary N) is 1. The number of nitrogens with zero attached hydrogens (tertiary/aromatic N) is 1. The summed E-state index contributed by atoms with van der Waals surface area (Å²) < 4.78 is 20.6. The number of para-hydroxylation sites is 1. The lowest BCUT2D eigenvalue weighted by atomic mass is 9.77. The molecule has 1 aliphatic carbocycles. The fourth-order valence-electron chi connectivity index (χ4n) is 4.65. The Labute approximate surface area is 203 Å². The zero-order valence-electron chi connectivity index (χ0n) is 19.4. The van der Waals surface area contributed by atoms with Crippen molar-refractivity contribution in [2.24, 2.45) is 0 Å². The number of carbonyl (C=O) groups excluding carboxylic acids is 2. The van der Waals surface area contributed by atoms with Gasteiger partial charge in [-0.3, -0.25) is 9.59 Å². The highest BCUT2D eigenvalue weighted by molar-refractivity contribution is 5.96. The Kier molecular flexibility index (Phi) is 7.63. The lowest BCUT2D eigenvalue weighted by molar-refractivity contribution is -0.133. The van der Waals surface area contributed by atoms with Gasteiger partial charge in [-0.15, -0.1) is 0 Å². The van der Waals surface area contributed by atoms with Crippen LogP contribution in [0.5, 0.6) is 5.75 Å². The Bertz CT molecular complexity index is 1150. The van der Waals surface area contributed by atoms with E-state index in [2.05, 4.69) is 5.32 Å². The van der Waals surface area contributed by atoms with Gasteiger partial charge >= 0.3 is 0 Å². The van der Waals surface area contributed by atoms with E-state index in [-0.39, 0.29) is 25.3 Å². The third-order valence-corrected chi connectivity index (χ3v) is 6.31. The number of aliphatic hydroxyl groups is 2. The van der Waals surface area contributed by atoms with Crippen molar-refractivity contribution in [1.82, 2.24) is 10.2 Å². The summed E-state index contributed by atoms with van der Waals surface area (Å²) in [6, 6.07) is 12.4. The molecule has 0 saturated carbocycles. The van der Waals surface area contributed by atoms with E-state index < -0.39 is 41.8 Å². The first-order valence-corrected chi connectivity index (χ1v) is 11.7. The van der Waals surface area contributed by atoms with E-state index in [4.69, 9.17) is 4.74 Å². The molecule has 1 heterocycles. The highest BCUT2D eigenvalue weighted by Gasteiger charge is 2.50. The van der Waals surface area contributed by atoms with Gasteiger partial charge in [0.05, 0.1) is 18.6 Å². The van der Waals surface area contributed by atoms with Crippen molar-refractivity contribution in [2.45, 2.75) is 44.1 Å². The van der Waals surface area contributed by atoms with Crippen molar-refractivity contribution in [2.75, 3.05) is 13.2 Å². The average Bonchev–Trinajstić information content (AvgIpc) is 3.26. The van der Waals surface area contributed by atoms with Gasteiger partial charge in [-0.05, 0) is 30.7 Å². The van der Waals surface area contributed by atoms with Gasteiger partial charge in [-0.2, -0.15) is 0 Å². The van der Waals surface area contributed by atoms with Crippen molar-refractivity contribution in [3.05, 3.63) is 89.3 Å². The Morgan fingerprint density at radius 1 is 1.17 bits per heavy atom. The normalized spacial score (nSPS) is 22.7. The van der Waals surface area contributed by atoms with Gasteiger partial charge in [0.25, 0.3) is 0 Å². The van der Waals surface area contributed by atoms with Crippen molar-refractivity contribution in [3.63, 3.8) is 0 Å². The van der Waals surface area contributed by atoms with Crippen LogP contribution in [-0.2, 0) is 16.1 Å². The molecule has 8 heteroatoms. The summed E-state index contributed by atoms with van der Waals surface area (Å²) in [6.07, 6.45) is 3.29. The van der Waals surface area contributed by atoms with E-state index in [0.29, 0.717) is 17.7 Å². The van der Waals surface area contributed by atoms with Crippen LogP contribution >= 0.6 is 0 Å². The molecule has 3 N–H and O–H groups in total. The van der Waals surface area contributed by atoms with Crippen LogP contribution in [0.25, 0.3) is 0 Å². The molecule has 2 amide bonds. The smallest absolute Gasteiger partial charge is 0.247 e. The average molecular weight is 481 g/mol. The van der Waals surface area contributed by atoms with E-state index in [0.717, 1.165) is 5.56 Å². The number of benzene rings is 2. The highest BCUT2D eigenvalue weighted by Crippen LogP contribution is 2.47. The van der Waals surface area contributed by atoms with Gasteiger partial charge in [0.2, 0.25) is 11.8 Å². The van der Waals surface area contributed by atoms with Gasteiger partial charge in [0.15, 0.2) is 0 Å². The van der Waals surface area contributed by atoms with E-state index in [1.807, 2.05) is 19.1 Å².